The Kier molecular flexibility index (Phi) is 6.94. The van der Waals surface area contributed by atoms with Gasteiger partial charge in [-0.1, -0.05) is 13.8 Å². The van der Waals surface area contributed by atoms with Crippen LogP contribution >= 0.6 is 0 Å². The van der Waals surface area contributed by atoms with Crippen molar-refractivity contribution >= 4 is 6.03 Å². The summed E-state index contributed by atoms with van der Waals surface area (Å²) in [4.78, 5) is 14.3. The molecule has 0 heterocycles. The molecule has 1 atom stereocenters. The van der Waals surface area contributed by atoms with E-state index in [0.29, 0.717) is 5.92 Å². The van der Waals surface area contributed by atoms with Gasteiger partial charge >= 0.3 is 6.03 Å². The van der Waals surface area contributed by atoms with Crippen molar-refractivity contribution in [3.63, 3.8) is 0 Å². The standard InChI is InChI=1S/C16H33N3O2/c1-12(16(2,3)11-19(4)5)17-15(21)18-14-8-6-13(10-20)7-9-14/h12-14,20H,6-11H2,1-5H3,(H2,17,18,21). The van der Waals surface area contributed by atoms with Gasteiger partial charge in [0.2, 0.25) is 0 Å². The minimum Gasteiger partial charge on any atom is -0.396 e. The fraction of sp³-hybridized carbons (Fsp3) is 0.938. The Hall–Kier alpha value is -0.810. The molecular weight excluding hydrogens is 266 g/mol. The molecule has 1 saturated carbocycles. The quantitative estimate of drug-likeness (QED) is 0.701. The number of nitrogens with zero attached hydrogens (tertiary/aromatic N) is 1. The molecule has 0 bridgehead atoms. The average Bonchev–Trinajstić information content (AvgIpc) is 2.37. The maximum Gasteiger partial charge on any atom is 0.315 e. The maximum absolute atomic E-state index is 12.1. The van der Waals surface area contributed by atoms with Crippen molar-refractivity contribution in [2.24, 2.45) is 11.3 Å². The Morgan fingerprint density at radius 1 is 1.29 bits per heavy atom. The van der Waals surface area contributed by atoms with Crippen molar-refractivity contribution in [2.45, 2.75) is 58.5 Å². The van der Waals surface area contributed by atoms with E-state index in [2.05, 4.69) is 36.3 Å². The number of carbonyl (C=O) groups excluding carboxylic acids is 1. The molecule has 0 aromatic rings. The molecule has 1 aliphatic carbocycles. The zero-order chi connectivity index (χ0) is 16.0. The first kappa shape index (κ1) is 18.2. The largest absolute Gasteiger partial charge is 0.396 e. The summed E-state index contributed by atoms with van der Waals surface area (Å²) < 4.78 is 0. The van der Waals surface area contributed by atoms with Crippen LogP contribution in [0.5, 0.6) is 0 Å². The summed E-state index contributed by atoms with van der Waals surface area (Å²) in [5.41, 5.74) is 0.0232. The van der Waals surface area contributed by atoms with Crippen LogP contribution < -0.4 is 10.6 Å². The van der Waals surface area contributed by atoms with Gasteiger partial charge in [-0.3, -0.25) is 0 Å². The van der Waals surface area contributed by atoms with E-state index in [1.807, 2.05) is 14.1 Å². The highest BCUT2D eigenvalue weighted by Gasteiger charge is 2.29. The number of hydrogen-bond donors (Lipinski definition) is 3. The Morgan fingerprint density at radius 2 is 1.86 bits per heavy atom. The van der Waals surface area contributed by atoms with E-state index in [-0.39, 0.29) is 30.1 Å². The Morgan fingerprint density at radius 3 is 2.33 bits per heavy atom. The monoisotopic (exact) mass is 299 g/mol. The highest BCUT2D eigenvalue weighted by atomic mass is 16.3. The van der Waals surface area contributed by atoms with Crippen LogP contribution in [0.3, 0.4) is 0 Å². The molecule has 0 radical (unpaired) electrons. The lowest BCUT2D eigenvalue weighted by atomic mass is 9.85. The van der Waals surface area contributed by atoms with Gasteiger partial charge in [-0.05, 0) is 58.0 Å². The summed E-state index contributed by atoms with van der Waals surface area (Å²) in [6.07, 6.45) is 3.94. The first-order chi connectivity index (χ1) is 9.74. The summed E-state index contributed by atoms with van der Waals surface area (Å²) in [5.74, 6) is 0.420. The van der Waals surface area contributed by atoms with Gasteiger partial charge in [-0.15, -0.1) is 0 Å². The van der Waals surface area contributed by atoms with Crippen LogP contribution in [0.1, 0.15) is 46.5 Å². The molecule has 2 amide bonds. The molecule has 0 aromatic carbocycles. The molecular formula is C16H33N3O2. The first-order valence-electron chi connectivity index (χ1n) is 8.07. The second kappa shape index (κ2) is 7.99. The van der Waals surface area contributed by atoms with Crippen LogP contribution in [0.4, 0.5) is 4.79 Å². The fourth-order valence-electron chi connectivity index (χ4n) is 3.06. The van der Waals surface area contributed by atoms with Crippen LogP contribution in [0, 0.1) is 11.3 Å². The minimum absolute atomic E-state index is 0.0232. The van der Waals surface area contributed by atoms with E-state index in [1.165, 1.54) is 0 Å². The lowest BCUT2D eigenvalue weighted by Gasteiger charge is -2.35. The van der Waals surface area contributed by atoms with Crippen LogP contribution in [0.15, 0.2) is 0 Å². The van der Waals surface area contributed by atoms with Crippen molar-refractivity contribution in [1.82, 2.24) is 15.5 Å². The molecule has 1 rings (SSSR count). The first-order valence-corrected chi connectivity index (χ1v) is 8.07. The fourth-order valence-corrected chi connectivity index (χ4v) is 3.06. The molecule has 5 nitrogen and oxygen atoms in total. The van der Waals surface area contributed by atoms with Crippen LogP contribution in [0.25, 0.3) is 0 Å². The lowest BCUT2D eigenvalue weighted by molar-refractivity contribution is 0.165. The third kappa shape index (κ3) is 6.22. The highest BCUT2D eigenvalue weighted by Crippen LogP contribution is 2.24. The predicted molar refractivity (Wildman–Crippen MR) is 86.3 cm³/mol. The van der Waals surface area contributed by atoms with Crippen molar-refractivity contribution < 1.29 is 9.90 Å². The Balaban J connectivity index is 2.36. The number of carbonyl (C=O) groups is 1. The van der Waals surface area contributed by atoms with Crippen LogP contribution in [-0.2, 0) is 0 Å². The summed E-state index contributed by atoms with van der Waals surface area (Å²) in [6.45, 7) is 7.60. The van der Waals surface area contributed by atoms with Gasteiger partial charge in [-0.25, -0.2) is 4.79 Å². The molecule has 21 heavy (non-hydrogen) atoms. The van der Waals surface area contributed by atoms with Gasteiger partial charge in [0.15, 0.2) is 0 Å². The predicted octanol–water partition coefficient (Wildman–Crippen LogP) is 1.81. The minimum atomic E-state index is -0.0678. The van der Waals surface area contributed by atoms with Gasteiger partial charge in [0.25, 0.3) is 0 Å². The zero-order valence-electron chi connectivity index (χ0n) is 14.3. The third-order valence-electron chi connectivity index (χ3n) is 4.68. The van der Waals surface area contributed by atoms with Gasteiger partial charge in [-0.2, -0.15) is 0 Å². The summed E-state index contributed by atoms with van der Waals surface area (Å²) in [5, 5.41) is 15.3. The van der Waals surface area contributed by atoms with Crippen molar-refractivity contribution in [3.05, 3.63) is 0 Å². The number of nitrogens with one attached hydrogen (secondary N) is 2. The molecule has 0 aliphatic heterocycles. The van der Waals surface area contributed by atoms with Crippen LogP contribution in [-0.4, -0.2) is 55.4 Å². The molecule has 5 heteroatoms. The third-order valence-corrected chi connectivity index (χ3v) is 4.68. The molecule has 0 spiro atoms. The van der Waals surface area contributed by atoms with Crippen LogP contribution in [0.2, 0.25) is 0 Å². The number of amides is 2. The number of aliphatic hydroxyl groups excluding tert-OH is 1. The smallest absolute Gasteiger partial charge is 0.315 e. The summed E-state index contributed by atoms with van der Waals surface area (Å²) in [7, 11) is 4.10. The topological polar surface area (TPSA) is 64.6 Å². The molecule has 1 unspecified atom stereocenters. The Labute approximate surface area is 129 Å². The normalized spacial score (nSPS) is 24.7. The number of rotatable bonds is 6. The molecule has 0 saturated heterocycles. The highest BCUT2D eigenvalue weighted by molar-refractivity contribution is 5.74. The van der Waals surface area contributed by atoms with E-state index in [0.717, 1.165) is 32.2 Å². The molecule has 0 aromatic heterocycles. The lowest BCUT2D eigenvalue weighted by Crippen LogP contribution is -2.52. The van der Waals surface area contributed by atoms with Gasteiger partial charge in [0.05, 0.1) is 0 Å². The van der Waals surface area contributed by atoms with E-state index < -0.39 is 0 Å². The number of aliphatic hydroxyl groups is 1. The van der Waals surface area contributed by atoms with E-state index in [9.17, 15) is 4.79 Å². The second-order valence-electron chi connectivity index (χ2n) is 7.47. The Bertz CT molecular complexity index is 323. The van der Waals surface area contributed by atoms with E-state index in [4.69, 9.17) is 5.11 Å². The average molecular weight is 299 g/mol. The van der Waals surface area contributed by atoms with E-state index >= 15 is 0 Å². The second-order valence-corrected chi connectivity index (χ2v) is 7.47. The molecule has 1 aliphatic rings. The number of urea groups is 1. The van der Waals surface area contributed by atoms with E-state index in [1.54, 1.807) is 0 Å². The van der Waals surface area contributed by atoms with Gasteiger partial charge in [0.1, 0.15) is 0 Å². The summed E-state index contributed by atoms with van der Waals surface area (Å²) in [6, 6.07) is 0.285. The summed E-state index contributed by atoms with van der Waals surface area (Å²) >= 11 is 0. The molecule has 1 fully saturated rings. The molecule has 3 N–H and O–H groups in total. The van der Waals surface area contributed by atoms with Gasteiger partial charge in [0, 0.05) is 25.2 Å². The SMILES string of the molecule is CC(NC(=O)NC1CCC(CO)CC1)C(C)(C)CN(C)C. The van der Waals surface area contributed by atoms with Crippen molar-refractivity contribution in [2.75, 3.05) is 27.2 Å². The van der Waals surface area contributed by atoms with Gasteiger partial charge < -0.3 is 20.6 Å². The van der Waals surface area contributed by atoms with Crippen molar-refractivity contribution in [3.8, 4) is 0 Å². The maximum atomic E-state index is 12.1. The molecule has 124 valence electrons. The van der Waals surface area contributed by atoms with Crippen molar-refractivity contribution in [1.29, 1.82) is 0 Å². The number of hydrogen-bond acceptors (Lipinski definition) is 3. The zero-order valence-corrected chi connectivity index (χ0v) is 14.3.